The largest absolute Gasteiger partial charge is 0.309 e. The highest BCUT2D eigenvalue weighted by Gasteiger charge is 2.41. The lowest BCUT2D eigenvalue weighted by Crippen LogP contribution is -2.32. The fraction of sp³-hybridized carbons (Fsp3) is 0.226. The number of anilines is 3. The van der Waals surface area contributed by atoms with E-state index in [2.05, 4.69) is 397 Å². The van der Waals surface area contributed by atoms with Gasteiger partial charge < -0.3 is 14.0 Å². The zero-order valence-electron chi connectivity index (χ0n) is 58.9. The molecular formula is C93H91N3. The van der Waals surface area contributed by atoms with Crippen molar-refractivity contribution in [3.05, 3.63) is 329 Å². The summed E-state index contributed by atoms with van der Waals surface area (Å²) in [6.45, 7) is 35.0. The molecule has 0 aliphatic rings. The number of rotatable bonds is 11. The van der Waals surface area contributed by atoms with Crippen LogP contribution in [0.2, 0.25) is 0 Å². The van der Waals surface area contributed by atoms with Gasteiger partial charge in [-0.15, -0.1) is 0 Å². The standard InChI is InChI=1S/C93H91N3/c1-88(2,3)66-45-49-83-79(57-66)80-58-67(89(4,5)6)46-50-84(80)95(83)73-40-28-39-70(54-73)93(64-35-24-18-25-36-64,65-37-26-19-27-38-65)72-53-71(92(13,14)15)55-76(56-72)94(87-77(62-31-20-16-21-32-62)43-30-44-78(87)63-33-22-17-23-34-63)74-41-29-42-75(61-74)96-85-51-47-68(90(7,8)9)59-81(85)82-60-69(91(10,11)12)48-52-86(82)96/h16-61H,1-15H3. The van der Waals surface area contributed by atoms with Gasteiger partial charge in [-0.05, 0) is 179 Å². The van der Waals surface area contributed by atoms with Gasteiger partial charge in [0, 0.05) is 55.4 Å². The van der Waals surface area contributed by atoms with Crippen LogP contribution in [-0.2, 0) is 32.5 Å². The maximum atomic E-state index is 2.60. The van der Waals surface area contributed by atoms with Crippen molar-refractivity contribution in [3.8, 4) is 33.6 Å². The zero-order valence-corrected chi connectivity index (χ0v) is 58.9. The van der Waals surface area contributed by atoms with E-state index in [1.807, 2.05) is 0 Å². The molecule has 3 heteroatoms. The normalized spacial score (nSPS) is 12.7. The molecule has 478 valence electrons. The second-order valence-electron chi connectivity index (χ2n) is 31.9. The van der Waals surface area contributed by atoms with E-state index in [1.165, 1.54) is 88.1 Å². The smallest absolute Gasteiger partial charge is 0.0703 e. The molecule has 14 rings (SSSR count). The number of para-hydroxylation sites is 1. The summed E-state index contributed by atoms with van der Waals surface area (Å²) in [5.41, 5.74) is 24.6. The van der Waals surface area contributed by atoms with E-state index >= 15 is 0 Å². The highest BCUT2D eigenvalue weighted by Crippen LogP contribution is 2.53. The Bertz CT molecular complexity index is 4980. The first-order chi connectivity index (χ1) is 45.8. The molecule has 0 bridgehead atoms. The lowest BCUT2D eigenvalue weighted by atomic mass is 9.64. The van der Waals surface area contributed by atoms with Gasteiger partial charge in [-0.3, -0.25) is 0 Å². The average Bonchev–Trinajstić information content (AvgIpc) is 1.25. The van der Waals surface area contributed by atoms with Gasteiger partial charge in [0.2, 0.25) is 0 Å². The minimum atomic E-state index is -0.860. The second kappa shape index (κ2) is 23.7. The maximum absolute atomic E-state index is 2.60. The fourth-order valence-corrected chi connectivity index (χ4v) is 14.8. The SMILES string of the molecule is CC(C)(C)c1cc(N(c2cccc(-n3c4ccc(C(C)(C)C)cc4c4cc(C(C)(C)C)ccc43)c2)c2c(-c3ccccc3)cccc2-c2ccccc2)cc(C(c2ccccc2)(c2ccccc2)c2cccc(-n3c4ccc(C(C)(C)C)cc4c4cc(C(C)(C)C)ccc43)c2)c1. The Morgan fingerprint density at radius 1 is 0.229 bits per heavy atom. The minimum Gasteiger partial charge on any atom is -0.309 e. The van der Waals surface area contributed by atoms with Crippen LogP contribution in [0.15, 0.2) is 279 Å². The highest BCUT2D eigenvalue weighted by molar-refractivity contribution is 6.11. The van der Waals surface area contributed by atoms with Crippen molar-refractivity contribution < 1.29 is 0 Å². The van der Waals surface area contributed by atoms with Gasteiger partial charge in [0.25, 0.3) is 0 Å². The number of nitrogens with zero attached hydrogens (tertiary/aromatic N) is 3. The van der Waals surface area contributed by atoms with Crippen LogP contribution in [0, 0.1) is 0 Å². The molecule has 0 saturated heterocycles. The van der Waals surface area contributed by atoms with Crippen molar-refractivity contribution in [2.24, 2.45) is 0 Å². The minimum absolute atomic E-state index is 0.0272. The summed E-state index contributed by atoms with van der Waals surface area (Å²) < 4.78 is 5.03. The Hall–Kier alpha value is -9.96. The first-order valence-corrected chi connectivity index (χ1v) is 34.5. The Balaban J connectivity index is 1.09. The van der Waals surface area contributed by atoms with Crippen LogP contribution in [0.1, 0.15) is 154 Å². The molecule has 0 amide bonds. The Morgan fingerprint density at radius 2 is 0.562 bits per heavy atom. The molecule has 12 aromatic carbocycles. The zero-order chi connectivity index (χ0) is 67.3. The molecule has 0 fully saturated rings. The average molecular weight is 1250 g/mol. The molecule has 0 unspecified atom stereocenters. The van der Waals surface area contributed by atoms with Crippen molar-refractivity contribution in [2.75, 3.05) is 4.90 Å². The van der Waals surface area contributed by atoms with E-state index in [4.69, 9.17) is 0 Å². The molecule has 0 atom stereocenters. The third kappa shape index (κ3) is 11.3. The number of hydrogen-bond donors (Lipinski definition) is 0. The highest BCUT2D eigenvalue weighted by atomic mass is 15.2. The van der Waals surface area contributed by atoms with Crippen LogP contribution in [-0.4, -0.2) is 9.13 Å². The Labute approximate surface area is 570 Å². The first-order valence-electron chi connectivity index (χ1n) is 34.5. The van der Waals surface area contributed by atoms with Gasteiger partial charge in [-0.1, -0.05) is 292 Å². The van der Waals surface area contributed by atoms with Crippen molar-refractivity contribution >= 4 is 60.7 Å². The molecule has 96 heavy (non-hydrogen) atoms. The summed E-state index contributed by atoms with van der Waals surface area (Å²) in [5.74, 6) is 0. The maximum Gasteiger partial charge on any atom is 0.0703 e. The van der Waals surface area contributed by atoms with E-state index in [-0.39, 0.29) is 27.1 Å². The van der Waals surface area contributed by atoms with E-state index in [1.54, 1.807) is 0 Å². The molecule has 14 aromatic rings. The lowest BCUT2D eigenvalue weighted by Gasteiger charge is -2.39. The molecule has 3 nitrogen and oxygen atoms in total. The summed E-state index contributed by atoms with van der Waals surface area (Å²) in [6.07, 6.45) is 0. The predicted octanol–water partition coefficient (Wildman–Crippen LogP) is 25.6. The number of benzene rings is 12. The molecule has 2 heterocycles. The first kappa shape index (κ1) is 63.4. The van der Waals surface area contributed by atoms with Crippen LogP contribution >= 0.6 is 0 Å². The molecule has 0 aliphatic heterocycles. The van der Waals surface area contributed by atoms with Gasteiger partial charge in [-0.2, -0.15) is 0 Å². The molecular weight excluding hydrogens is 1160 g/mol. The summed E-state index contributed by atoms with van der Waals surface area (Å²) >= 11 is 0. The molecule has 0 N–H and O–H groups in total. The number of hydrogen-bond acceptors (Lipinski definition) is 1. The van der Waals surface area contributed by atoms with E-state index in [9.17, 15) is 0 Å². The van der Waals surface area contributed by atoms with Gasteiger partial charge >= 0.3 is 0 Å². The number of fused-ring (bicyclic) bond motifs is 6. The lowest BCUT2D eigenvalue weighted by molar-refractivity contribution is 0.587. The second-order valence-corrected chi connectivity index (χ2v) is 31.9. The molecule has 0 spiro atoms. The fourth-order valence-electron chi connectivity index (χ4n) is 14.8. The van der Waals surface area contributed by atoms with Crippen LogP contribution in [0.4, 0.5) is 17.1 Å². The molecule has 0 saturated carbocycles. The van der Waals surface area contributed by atoms with Crippen LogP contribution in [0.3, 0.4) is 0 Å². The summed E-state index contributed by atoms with van der Waals surface area (Å²) in [4.78, 5) is 2.60. The van der Waals surface area contributed by atoms with Gasteiger partial charge in [-0.25, -0.2) is 0 Å². The van der Waals surface area contributed by atoms with Crippen LogP contribution in [0.5, 0.6) is 0 Å². The van der Waals surface area contributed by atoms with E-state index in [0.29, 0.717) is 0 Å². The van der Waals surface area contributed by atoms with Crippen molar-refractivity contribution in [2.45, 2.75) is 136 Å². The van der Waals surface area contributed by atoms with Gasteiger partial charge in [0.1, 0.15) is 0 Å². The number of aromatic nitrogens is 2. The topological polar surface area (TPSA) is 13.1 Å². The van der Waals surface area contributed by atoms with E-state index in [0.717, 1.165) is 56.3 Å². The van der Waals surface area contributed by atoms with Gasteiger partial charge in [0.15, 0.2) is 0 Å². The summed E-state index contributed by atoms with van der Waals surface area (Å²) in [5, 5.41) is 5.06. The third-order valence-corrected chi connectivity index (χ3v) is 20.2. The van der Waals surface area contributed by atoms with Crippen molar-refractivity contribution in [3.63, 3.8) is 0 Å². The quantitative estimate of drug-likeness (QED) is 0.118. The van der Waals surface area contributed by atoms with Crippen molar-refractivity contribution in [1.82, 2.24) is 9.13 Å². The van der Waals surface area contributed by atoms with Crippen molar-refractivity contribution in [1.29, 1.82) is 0 Å². The molecule has 0 radical (unpaired) electrons. The van der Waals surface area contributed by atoms with Gasteiger partial charge in [0.05, 0.1) is 33.2 Å². The monoisotopic (exact) mass is 1250 g/mol. The van der Waals surface area contributed by atoms with Crippen LogP contribution < -0.4 is 4.90 Å². The third-order valence-electron chi connectivity index (χ3n) is 20.2. The van der Waals surface area contributed by atoms with E-state index < -0.39 is 5.41 Å². The molecule has 0 aliphatic carbocycles. The summed E-state index contributed by atoms with van der Waals surface area (Å²) in [7, 11) is 0. The Morgan fingerprint density at radius 3 is 0.948 bits per heavy atom. The van der Waals surface area contributed by atoms with Crippen LogP contribution in [0.25, 0.3) is 77.2 Å². The summed E-state index contributed by atoms with van der Waals surface area (Å²) in [6, 6.07) is 107. The molecule has 2 aromatic heterocycles. The predicted molar refractivity (Wildman–Crippen MR) is 412 cm³/mol. The Kier molecular flexibility index (Phi) is 15.7.